The fourth-order valence-corrected chi connectivity index (χ4v) is 1.87. The third-order valence-electron chi connectivity index (χ3n) is 3.23. The van der Waals surface area contributed by atoms with E-state index in [1.165, 1.54) is 16.7 Å². The maximum Gasteiger partial charge on any atom is 0.222 e. The van der Waals surface area contributed by atoms with E-state index < -0.39 is 0 Å². The highest BCUT2D eigenvalue weighted by Crippen LogP contribution is 2.12. The predicted molar refractivity (Wildman–Crippen MR) is 75.6 cm³/mol. The highest BCUT2D eigenvalue weighted by atomic mass is 16.2. The Morgan fingerprint density at radius 2 is 2.00 bits per heavy atom. The highest BCUT2D eigenvalue weighted by Gasteiger charge is 2.08. The van der Waals surface area contributed by atoms with Gasteiger partial charge < -0.3 is 10.2 Å². The molecule has 0 aromatic heterocycles. The zero-order chi connectivity index (χ0) is 13.5. The lowest BCUT2D eigenvalue weighted by atomic mass is 10.1. The number of nitrogens with one attached hydrogen (secondary N) is 1. The van der Waals surface area contributed by atoms with Crippen molar-refractivity contribution in [2.75, 3.05) is 20.6 Å². The van der Waals surface area contributed by atoms with Gasteiger partial charge in [-0.25, -0.2) is 0 Å². The summed E-state index contributed by atoms with van der Waals surface area (Å²) in [5.74, 6) is 0.212. The molecule has 0 fully saturated rings. The number of aryl methyl sites for hydroxylation is 2. The summed E-state index contributed by atoms with van der Waals surface area (Å²) in [6.07, 6.45) is 1.51. The molecule has 18 heavy (non-hydrogen) atoms. The van der Waals surface area contributed by atoms with Gasteiger partial charge in [-0.2, -0.15) is 0 Å². The van der Waals surface area contributed by atoms with Gasteiger partial charge in [0.1, 0.15) is 0 Å². The Labute approximate surface area is 110 Å². The lowest BCUT2D eigenvalue weighted by Crippen LogP contribution is -2.26. The molecule has 3 heteroatoms. The Balaban J connectivity index is 2.50. The van der Waals surface area contributed by atoms with E-state index in [-0.39, 0.29) is 5.91 Å². The molecular weight excluding hydrogens is 224 g/mol. The van der Waals surface area contributed by atoms with Crippen LogP contribution in [0.25, 0.3) is 0 Å². The first-order valence-electron chi connectivity index (χ1n) is 6.49. The molecule has 1 rings (SSSR count). The number of hydrogen-bond donors (Lipinski definition) is 1. The number of hydrogen-bond acceptors (Lipinski definition) is 2. The number of nitrogens with zero attached hydrogens (tertiary/aromatic N) is 1. The van der Waals surface area contributed by atoms with Crippen LogP contribution in [0, 0.1) is 13.8 Å². The van der Waals surface area contributed by atoms with E-state index in [0.717, 1.165) is 13.0 Å². The smallest absolute Gasteiger partial charge is 0.222 e. The molecule has 0 saturated heterocycles. The van der Waals surface area contributed by atoms with Crippen molar-refractivity contribution < 1.29 is 4.79 Å². The van der Waals surface area contributed by atoms with Crippen molar-refractivity contribution in [3.8, 4) is 0 Å². The van der Waals surface area contributed by atoms with Crippen LogP contribution in [0.3, 0.4) is 0 Å². The molecule has 1 amide bonds. The number of amides is 1. The number of rotatable bonds is 6. The van der Waals surface area contributed by atoms with Gasteiger partial charge in [-0.1, -0.05) is 18.2 Å². The first-order valence-corrected chi connectivity index (χ1v) is 6.49. The van der Waals surface area contributed by atoms with Crippen LogP contribution in [0.4, 0.5) is 0 Å². The molecule has 1 aromatic rings. The number of carbonyl (C=O) groups is 1. The van der Waals surface area contributed by atoms with E-state index in [4.69, 9.17) is 0 Å². The van der Waals surface area contributed by atoms with Crippen LogP contribution < -0.4 is 5.32 Å². The quantitative estimate of drug-likeness (QED) is 0.783. The minimum absolute atomic E-state index is 0.212. The minimum Gasteiger partial charge on any atom is -0.341 e. The fraction of sp³-hybridized carbons (Fsp3) is 0.533. The van der Waals surface area contributed by atoms with E-state index in [1.54, 1.807) is 4.90 Å². The molecule has 0 aliphatic heterocycles. The second-order valence-electron chi connectivity index (χ2n) is 4.88. The van der Waals surface area contributed by atoms with Crippen LogP contribution in [0.5, 0.6) is 0 Å². The van der Waals surface area contributed by atoms with Gasteiger partial charge in [-0.15, -0.1) is 0 Å². The van der Waals surface area contributed by atoms with Crippen LogP contribution in [-0.4, -0.2) is 31.4 Å². The van der Waals surface area contributed by atoms with Crippen molar-refractivity contribution in [2.24, 2.45) is 0 Å². The van der Waals surface area contributed by atoms with Crippen LogP contribution in [0.15, 0.2) is 18.2 Å². The summed E-state index contributed by atoms with van der Waals surface area (Å²) in [7, 11) is 3.78. The largest absolute Gasteiger partial charge is 0.341 e. The van der Waals surface area contributed by atoms with Gasteiger partial charge in [-0.3, -0.25) is 4.79 Å². The molecule has 0 radical (unpaired) electrons. The molecule has 0 spiro atoms. The molecular formula is C15H24N2O. The summed E-state index contributed by atoms with van der Waals surface area (Å²) >= 11 is 0. The van der Waals surface area contributed by atoms with Crippen molar-refractivity contribution >= 4 is 5.91 Å². The molecule has 1 aromatic carbocycles. The van der Waals surface area contributed by atoms with Gasteiger partial charge in [0.25, 0.3) is 0 Å². The Bertz CT molecular complexity index is 401. The van der Waals surface area contributed by atoms with Crippen molar-refractivity contribution in [3.05, 3.63) is 34.9 Å². The summed E-state index contributed by atoms with van der Waals surface area (Å²) in [5, 5.41) is 3.05. The Morgan fingerprint density at radius 1 is 1.28 bits per heavy atom. The van der Waals surface area contributed by atoms with E-state index in [1.807, 2.05) is 14.1 Å². The zero-order valence-electron chi connectivity index (χ0n) is 11.9. The van der Waals surface area contributed by atoms with Crippen LogP contribution >= 0.6 is 0 Å². The summed E-state index contributed by atoms with van der Waals surface area (Å²) in [5.41, 5.74) is 3.77. The summed E-state index contributed by atoms with van der Waals surface area (Å²) in [4.78, 5) is 13.7. The lowest BCUT2D eigenvalue weighted by molar-refractivity contribution is -0.130. The molecule has 0 bridgehead atoms. The van der Waals surface area contributed by atoms with Gasteiger partial charge in [-0.05, 0) is 50.6 Å². The molecule has 0 atom stereocenters. The maximum absolute atomic E-state index is 11.9. The second-order valence-corrected chi connectivity index (χ2v) is 4.88. The van der Waals surface area contributed by atoms with Gasteiger partial charge in [0.2, 0.25) is 5.91 Å². The Hall–Kier alpha value is -1.35. The Kier molecular flexibility index (Phi) is 5.86. The van der Waals surface area contributed by atoms with Crippen LogP contribution in [0.1, 0.15) is 29.5 Å². The molecule has 0 heterocycles. The van der Waals surface area contributed by atoms with Gasteiger partial charge in [0.15, 0.2) is 0 Å². The third-order valence-corrected chi connectivity index (χ3v) is 3.23. The highest BCUT2D eigenvalue weighted by molar-refractivity contribution is 5.75. The molecule has 0 aliphatic rings. The van der Waals surface area contributed by atoms with E-state index >= 15 is 0 Å². The maximum atomic E-state index is 11.9. The van der Waals surface area contributed by atoms with Gasteiger partial charge >= 0.3 is 0 Å². The monoisotopic (exact) mass is 248 g/mol. The van der Waals surface area contributed by atoms with E-state index in [2.05, 4.69) is 37.4 Å². The molecule has 0 aliphatic carbocycles. The van der Waals surface area contributed by atoms with Crippen molar-refractivity contribution in [3.63, 3.8) is 0 Å². The van der Waals surface area contributed by atoms with Gasteiger partial charge in [0, 0.05) is 20.0 Å². The zero-order valence-corrected chi connectivity index (χ0v) is 11.9. The molecule has 0 unspecified atom stereocenters. The molecule has 0 saturated carbocycles. The van der Waals surface area contributed by atoms with Crippen LogP contribution in [-0.2, 0) is 11.3 Å². The summed E-state index contributed by atoms with van der Waals surface area (Å²) in [6.45, 7) is 5.79. The van der Waals surface area contributed by atoms with Gasteiger partial charge in [0.05, 0.1) is 0 Å². The predicted octanol–water partition coefficient (Wildman–Crippen LogP) is 2.26. The third kappa shape index (κ3) is 4.49. The van der Waals surface area contributed by atoms with Crippen molar-refractivity contribution in [1.82, 2.24) is 10.2 Å². The topological polar surface area (TPSA) is 32.3 Å². The fourth-order valence-electron chi connectivity index (χ4n) is 1.87. The second kappa shape index (κ2) is 7.17. The van der Waals surface area contributed by atoms with E-state index in [9.17, 15) is 4.79 Å². The summed E-state index contributed by atoms with van der Waals surface area (Å²) in [6, 6.07) is 6.37. The standard InChI is InChI=1S/C15H24N2O/c1-12-7-8-14(10-13(12)2)11-17(4)15(18)6-5-9-16-3/h7-8,10,16H,5-6,9,11H2,1-4H3. The number of carbonyl (C=O) groups excluding carboxylic acids is 1. The summed E-state index contributed by atoms with van der Waals surface area (Å²) < 4.78 is 0. The van der Waals surface area contributed by atoms with E-state index in [0.29, 0.717) is 13.0 Å². The van der Waals surface area contributed by atoms with Crippen molar-refractivity contribution in [2.45, 2.75) is 33.2 Å². The average molecular weight is 248 g/mol. The van der Waals surface area contributed by atoms with Crippen LogP contribution in [0.2, 0.25) is 0 Å². The normalized spacial score (nSPS) is 10.4. The lowest BCUT2D eigenvalue weighted by Gasteiger charge is -2.18. The molecule has 3 nitrogen and oxygen atoms in total. The minimum atomic E-state index is 0.212. The SMILES string of the molecule is CNCCCC(=O)N(C)Cc1ccc(C)c(C)c1. The first kappa shape index (κ1) is 14.7. The molecule has 100 valence electrons. The Morgan fingerprint density at radius 3 is 2.61 bits per heavy atom. The average Bonchev–Trinajstić information content (AvgIpc) is 2.34. The van der Waals surface area contributed by atoms with Crippen molar-refractivity contribution in [1.29, 1.82) is 0 Å². The number of benzene rings is 1. The first-order chi connectivity index (χ1) is 8.54. The molecule has 1 N–H and O–H groups in total.